The van der Waals surface area contributed by atoms with Gasteiger partial charge in [-0.2, -0.15) is 0 Å². The van der Waals surface area contributed by atoms with Crippen LogP contribution < -0.4 is 5.32 Å². The van der Waals surface area contributed by atoms with E-state index in [0.717, 1.165) is 5.69 Å². The van der Waals surface area contributed by atoms with Gasteiger partial charge in [-0.15, -0.1) is 0 Å². The summed E-state index contributed by atoms with van der Waals surface area (Å²) < 4.78 is 5.15. The average molecular weight is 222 g/mol. The molecular formula is C12H18N2O2. The fraction of sp³-hybridized carbons (Fsp3) is 0.500. The molecule has 0 saturated carbocycles. The Morgan fingerprint density at radius 2 is 2.12 bits per heavy atom. The standard InChI is InChI=1S/C12H18N2O2/c1-9(10-7-5-6-8-13-10)14-11(15)16-12(2,3)4/h5-9H,1-4H3,(H,14,15)/t9-/m1/s1. The molecule has 1 atom stereocenters. The number of alkyl carbamates (subject to hydrolysis) is 1. The summed E-state index contributed by atoms with van der Waals surface area (Å²) in [5.41, 5.74) is 0.335. The number of nitrogens with one attached hydrogen (secondary N) is 1. The van der Waals surface area contributed by atoms with E-state index in [1.165, 1.54) is 0 Å². The van der Waals surface area contributed by atoms with E-state index in [2.05, 4.69) is 10.3 Å². The Bertz CT molecular complexity index is 344. The highest BCUT2D eigenvalue weighted by Crippen LogP contribution is 2.11. The van der Waals surface area contributed by atoms with Gasteiger partial charge in [0.25, 0.3) is 0 Å². The molecule has 0 radical (unpaired) electrons. The van der Waals surface area contributed by atoms with Gasteiger partial charge in [0.05, 0.1) is 11.7 Å². The molecule has 1 heterocycles. The molecule has 88 valence electrons. The Morgan fingerprint density at radius 1 is 1.44 bits per heavy atom. The average Bonchev–Trinajstić information content (AvgIpc) is 2.16. The van der Waals surface area contributed by atoms with Crippen LogP contribution in [0.15, 0.2) is 24.4 Å². The maximum absolute atomic E-state index is 11.5. The van der Waals surface area contributed by atoms with Gasteiger partial charge in [0.15, 0.2) is 0 Å². The number of carbonyl (C=O) groups excluding carboxylic acids is 1. The van der Waals surface area contributed by atoms with E-state index < -0.39 is 11.7 Å². The second-order valence-electron chi connectivity index (χ2n) is 4.62. The molecule has 0 saturated heterocycles. The van der Waals surface area contributed by atoms with Crippen molar-refractivity contribution < 1.29 is 9.53 Å². The largest absolute Gasteiger partial charge is 0.444 e. The summed E-state index contributed by atoms with van der Waals surface area (Å²) >= 11 is 0. The van der Waals surface area contributed by atoms with Crippen molar-refractivity contribution >= 4 is 6.09 Å². The topological polar surface area (TPSA) is 51.2 Å². The summed E-state index contributed by atoms with van der Waals surface area (Å²) in [6.07, 6.45) is 1.27. The van der Waals surface area contributed by atoms with E-state index in [1.807, 2.05) is 45.9 Å². The van der Waals surface area contributed by atoms with Crippen molar-refractivity contribution in [3.8, 4) is 0 Å². The van der Waals surface area contributed by atoms with Crippen LogP contribution in [0.3, 0.4) is 0 Å². The molecule has 0 aliphatic heterocycles. The molecule has 0 unspecified atom stereocenters. The summed E-state index contributed by atoms with van der Waals surface area (Å²) in [5.74, 6) is 0. The van der Waals surface area contributed by atoms with Gasteiger partial charge in [-0.25, -0.2) is 4.79 Å². The second-order valence-corrected chi connectivity index (χ2v) is 4.62. The zero-order valence-electron chi connectivity index (χ0n) is 10.2. The van der Waals surface area contributed by atoms with Crippen LogP contribution in [0.5, 0.6) is 0 Å². The molecule has 0 aliphatic carbocycles. The molecule has 0 spiro atoms. The summed E-state index contributed by atoms with van der Waals surface area (Å²) in [6, 6.07) is 5.43. The van der Waals surface area contributed by atoms with Gasteiger partial charge in [-0.05, 0) is 39.8 Å². The minimum Gasteiger partial charge on any atom is -0.444 e. The fourth-order valence-corrected chi connectivity index (χ4v) is 1.19. The predicted molar refractivity (Wildman–Crippen MR) is 62.0 cm³/mol. The number of pyridine rings is 1. The molecule has 0 bridgehead atoms. The van der Waals surface area contributed by atoms with Crippen molar-refractivity contribution in [1.29, 1.82) is 0 Å². The number of amides is 1. The van der Waals surface area contributed by atoms with E-state index in [0.29, 0.717) is 0 Å². The lowest BCUT2D eigenvalue weighted by atomic mass is 10.2. The number of hydrogen-bond acceptors (Lipinski definition) is 3. The number of carbonyl (C=O) groups is 1. The van der Waals surface area contributed by atoms with Crippen molar-refractivity contribution in [1.82, 2.24) is 10.3 Å². The molecule has 16 heavy (non-hydrogen) atoms. The number of rotatable bonds is 2. The molecule has 1 N–H and O–H groups in total. The smallest absolute Gasteiger partial charge is 0.408 e. The van der Waals surface area contributed by atoms with E-state index in [-0.39, 0.29) is 6.04 Å². The number of ether oxygens (including phenoxy) is 1. The number of aromatic nitrogens is 1. The van der Waals surface area contributed by atoms with Crippen molar-refractivity contribution in [2.45, 2.75) is 39.3 Å². The summed E-state index contributed by atoms with van der Waals surface area (Å²) in [4.78, 5) is 15.6. The van der Waals surface area contributed by atoms with Gasteiger partial charge in [0.1, 0.15) is 5.60 Å². The van der Waals surface area contributed by atoms with Crippen LogP contribution >= 0.6 is 0 Å². The highest BCUT2D eigenvalue weighted by molar-refractivity contribution is 5.68. The monoisotopic (exact) mass is 222 g/mol. The minimum absolute atomic E-state index is 0.156. The van der Waals surface area contributed by atoms with Gasteiger partial charge in [-0.1, -0.05) is 6.07 Å². The summed E-state index contributed by atoms with van der Waals surface area (Å²) in [7, 11) is 0. The first kappa shape index (κ1) is 12.5. The lowest BCUT2D eigenvalue weighted by Gasteiger charge is -2.21. The normalized spacial score (nSPS) is 13.0. The van der Waals surface area contributed by atoms with Crippen LogP contribution in [0.4, 0.5) is 4.79 Å². The van der Waals surface area contributed by atoms with E-state index >= 15 is 0 Å². The molecule has 4 nitrogen and oxygen atoms in total. The first-order chi connectivity index (χ1) is 7.38. The predicted octanol–water partition coefficient (Wildman–Crippen LogP) is 2.67. The van der Waals surface area contributed by atoms with Gasteiger partial charge < -0.3 is 10.1 Å². The summed E-state index contributed by atoms with van der Waals surface area (Å²) in [6.45, 7) is 7.36. The fourth-order valence-electron chi connectivity index (χ4n) is 1.19. The highest BCUT2D eigenvalue weighted by atomic mass is 16.6. The van der Waals surface area contributed by atoms with Crippen molar-refractivity contribution in [2.75, 3.05) is 0 Å². The van der Waals surface area contributed by atoms with Gasteiger partial charge in [0.2, 0.25) is 0 Å². The van der Waals surface area contributed by atoms with Crippen LogP contribution in [0, 0.1) is 0 Å². The zero-order valence-corrected chi connectivity index (χ0v) is 10.2. The zero-order chi connectivity index (χ0) is 12.2. The second kappa shape index (κ2) is 4.96. The molecule has 1 rings (SSSR count). The first-order valence-electron chi connectivity index (χ1n) is 5.29. The maximum Gasteiger partial charge on any atom is 0.408 e. The first-order valence-corrected chi connectivity index (χ1v) is 5.29. The molecule has 1 aromatic rings. The quantitative estimate of drug-likeness (QED) is 0.837. The Morgan fingerprint density at radius 3 is 2.62 bits per heavy atom. The van der Waals surface area contributed by atoms with Crippen LogP contribution in [0.25, 0.3) is 0 Å². The molecular weight excluding hydrogens is 204 g/mol. The Balaban J connectivity index is 2.52. The molecule has 4 heteroatoms. The van der Waals surface area contributed by atoms with Crippen molar-refractivity contribution in [2.24, 2.45) is 0 Å². The van der Waals surface area contributed by atoms with Crippen LogP contribution in [-0.2, 0) is 4.74 Å². The molecule has 0 aromatic carbocycles. The lowest BCUT2D eigenvalue weighted by molar-refractivity contribution is 0.0507. The van der Waals surface area contributed by atoms with Gasteiger partial charge in [0, 0.05) is 6.20 Å². The third-order valence-corrected chi connectivity index (χ3v) is 1.86. The molecule has 1 aromatic heterocycles. The Kier molecular flexibility index (Phi) is 3.88. The van der Waals surface area contributed by atoms with Gasteiger partial charge >= 0.3 is 6.09 Å². The third-order valence-electron chi connectivity index (χ3n) is 1.86. The minimum atomic E-state index is -0.478. The van der Waals surface area contributed by atoms with Crippen LogP contribution in [0.2, 0.25) is 0 Å². The Hall–Kier alpha value is -1.58. The summed E-state index contributed by atoms with van der Waals surface area (Å²) in [5, 5.41) is 2.73. The van der Waals surface area contributed by atoms with Crippen LogP contribution in [-0.4, -0.2) is 16.7 Å². The maximum atomic E-state index is 11.5. The van der Waals surface area contributed by atoms with Gasteiger partial charge in [-0.3, -0.25) is 4.98 Å². The van der Waals surface area contributed by atoms with E-state index in [1.54, 1.807) is 6.20 Å². The SMILES string of the molecule is C[C@@H](NC(=O)OC(C)(C)C)c1ccccn1. The Labute approximate surface area is 96.0 Å². The third kappa shape index (κ3) is 4.29. The lowest BCUT2D eigenvalue weighted by Crippen LogP contribution is -2.34. The number of hydrogen-bond donors (Lipinski definition) is 1. The molecule has 0 fully saturated rings. The van der Waals surface area contributed by atoms with E-state index in [9.17, 15) is 4.79 Å². The van der Waals surface area contributed by atoms with Crippen molar-refractivity contribution in [3.63, 3.8) is 0 Å². The highest BCUT2D eigenvalue weighted by Gasteiger charge is 2.18. The van der Waals surface area contributed by atoms with E-state index in [4.69, 9.17) is 4.74 Å². The van der Waals surface area contributed by atoms with Crippen LogP contribution in [0.1, 0.15) is 39.4 Å². The number of nitrogens with zero attached hydrogens (tertiary/aromatic N) is 1. The molecule has 0 aliphatic rings. The molecule has 1 amide bonds. The van der Waals surface area contributed by atoms with Crippen molar-refractivity contribution in [3.05, 3.63) is 30.1 Å².